The number of nitrogens with zero attached hydrogens (tertiary/aromatic N) is 1. The van der Waals surface area contributed by atoms with Crippen molar-refractivity contribution < 1.29 is 4.76 Å². The highest BCUT2D eigenvalue weighted by molar-refractivity contribution is 4.48. The predicted octanol–water partition coefficient (Wildman–Crippen LogP) is 4.51. The lowest BCUT2D eigenvalue weighted by atomic mass is 10.1. The first-order valence-corrected chi connectivity index (χ1v) is 7.99. The third-order valence-electron chi connectivity index (χ3n) is 3.49. The first-order chi connectivity index (χ1) is 8.62. The van der Waals surface area contributed by atoms with Gasteiger partial charge in [-0.1, -0.05) is 65.2 Å². The molecule has 0 rings (SSSR count). The van der Waals surface area contributed by atoms with E-state index in [0.29, 0.717) is 13.1 Å². The molecule has 0 aliphatic carbocycles. The summed E-state index contributed by atoms with van der Waals surface area (Å²) in [6.07, 6.45) is 13.9. The monoisotopic (exact) mass is 258 g/mol. The van der Waals surface area contributed by atoms with Crippen molar-refractivity contribution in [3.8, 4) is 0 Å². The Kier molecular flexibility index (Phi) is 11.9. The third-order valence-corrected chi connectivity index (χ3v) is 3.49. The second kappa shape index (κ2) is 11.9. The molecule has 110 valence electrons. The van der Waals surface area contributed by atoms with Crippen LogP contribution in [0.3, 0.4) is 0 Å². The summed E-state index contributed by atoms with van der Waals surface area (Å²) >= 11 is 0. The van der Waals surface area contributed by atoms with Crippen molar-refractivity contribution in [2.45, 2.75) is 84.5 Å². The zero-order valence-corrected chi connectivity index (χ0v) is 12.6. The van der Waals surface area contributed by atoms with E-state index in [9.17, 15) is 5.21 Å². The molecule has 0 aliphatic rings. The summed E-state index contributed by atoms with van der Waals surface area (Å²) in [5.74, 6) is 5.62. The van der Waals surface area contributed by atoms with E-state index in [1.165, 1.54) is 51.4 Å². The maximum atomic E-state index is 11.7. The van der Waals surface area contributed by atoms with Gasteiger partial charge in [-0.3, -0.25) is 4.76 Å². The fraction of sp³-hybridized carbons (Fsp3) is 1.00. The van der Waals surface area contributed by atoms with E-state index < -0.39 is 4.76 Å². The zero-order chi connectivity index (χ0) is 13.7. The van der Waals surface area contributed by atoms with Crippen molar-refractivity contribution in [1.82, 2.24) is 0 Å². The van der Waals surface area contributed by atoms with E-state index in [4.69, 9.17) is 5.84 Å². The van der Waals surface area contributed by atoms with Gasteiger partial charge in [0.05, 0.1) is 13.1 Å². The van der Waals surface area contributed by atoms with Crippen LogP contribution in [-0.4, -0.2) is 17.8 Å². The molecule has 3 heteroatoms. The van der Waals surface area contributed by atoms with Crippen molar-refractivity contribution in [2.24, 2.45) is 5.84 Å². The highest BCUT2D eigenvalue weighted by Crippen LogP contribution is 2.11. The summed E-state index contributed by atoms with van der Waals surface area (Å²) < 4.78 is -0.534. The Bertz CT molecular complexity index is 172. The maximum Gasteiger partial charge on any atom is 0.0958 e. The largest absolute Gasteiger partial charge is 0.612 e. The average Bonchev–Trinajstić information content (AvgIpc) is 2.31. The zero-order valence-electron chi connectivity index (χ0n) is 12.6. The molecule has 2 N–H and O–H groups in total. The normalized spacial score (nSPS) is 14.7. The summed E-state index contributed by atoms with van der Waals surface area (Å²) in [5.41, 5.74) is 0. The van der Waals surface area contributed by atoms with Crippen LogP contribution in [0.5, 0.6) is 0 Å². The second-order valence-corrected chi connectivity index (χ2v) is 5.58. The van der Waals surface area contributed by atoms with E-state index in [2.05, 4.69) is 6.92 Å². The van der Waals surface area contributed by atoms with Gasteiger partial charge in [0.15, 0.2) is 0 Å². The molecular formula is C15H34N2O. The Balaban J connectivity index is 3.16. The molecule has 0 saturated heterocycles. The van der Waals surface area contributed by atoms with E-state index >= 15 is 0 Å². The van der Waals surface area contributed by atoms with Crippen molar-refractivity contribution >= 4 is 0 Å². The Morgan fingerprint density at radius 1 is 0.667 bits per heavy atom. The van der Waals surface area contributed by atoms with Gasteiger partial charge in [0.1, 0.15) is 0 Å². The molecule has 0 bridgehead atoms. The molecule has 0 saturated carbocycles. The molecule has 0 aliphatic heterocycles. The third kappa shape index (κ3) is 12.3. The molecule has 0 heterocycles. The van der Waals surface area contributed by atoms with Gasteiger partial charge in [-0.2, -0.15) is 5.84 Å². The Morgan fingerprint density at radius 2 is 1.11 bits per heavy atom. The van der Waals surface area contributed by atoms with Crippen LogP contribution in [0.4, 0.5) is 0 Å². The molecule has 1 unspecified atom stereocenters. The number of nitrogens with two attached hydrogens (primary N) is 1. The van der Waals surface area contributed by atoms with Crippen LogP contribution in [0.1, 0.15) is 84.5 Å². The number of rotatable bonds is 13. The smallest absolute Gasteiger partial charge is 0.0958 e. The SMILES string of the molecule is CCCCCCCCCCCC[N+](N)([O-])CCC. The number of quaternary nitrogens is 1. The highest BCUT2D eigenvalue weighted by atomic mass is 16.6. The van der Waals surface area contributed by atoms with Crippen LogP contribution in [0.2, 0.25) is 0 Å². The summed E-state index contributed by atoms with van der Waals surface area (Å²) in [5, 5.41) is 11.7. The van der Waals surface area contributed by atoms with Crippen LogP contribution >= 0.6 is 0 Å². The van der Waals surface area contributed by atoms with Crippen LogP contribution in [0, 0.1) is 5.21 Å². The van der Waals surface area contributed by atoms with E-state index in [1.807, 2.05) is 6.92 Å². The highest BCUT2D eigenvalue weighted by Gasteiger charge is 2.08. The average molecular weight is 258 g/mol. The minimum Gasteiger partial charge on any atom is -0.612 e. The van der Waals surface area contributed by atoms with E-state index in [1.54, 1.807) is 0 Å². The standard InChI is InChI=1S/C15H34N2O/c1-3-5-6-7-8-9-10-11-12-13-15-17(16,18)14-4-2/h3-16H2,1-2H3. The minimum absolute atomic E-state index is 0.534. The molecule has 0 radical (unpaired) electrons. The van der Waals surface area contributed by atoms with E-state index in [-0.39, 0.29) is 0 Å². The second-order valence-electron chi connectivity index (χ2n) is 5.58. The number of hydrogen-bond acceptors (Lipinski definition) is 2. The Morgan fingerprint density at radius 3 is 1.56 bits per heavy atom. The van der Waals surface area contributed by atoms with Gasteiger partial charge in [-0.05, 0) is 19.3 Å². The molecular weight excluding hydrogens is 224 g/mol. The van der Waals surface area contributed by atoms with Gasteiger partial charge in [0.25, 0.3) is 0 Å². The fourth-order valence-electron chi connectivity index (χ4n) is 2.36. The molecule has 18 heavy (non-hydrogen) atoms. The lowest BCUT2D eigenvalue weighted by molar-refractivity contribution is -0.892. The quantitative estimate of drug-likeness (QED) is 0.229. The Labute approximate surface area is 114 Å². The molecule has 0 aromatic heterocycles. The van der Waals surface area contributed by atoms with E-state index in [0.717, 1.165) is 19.3 Å². The van der Waals surface area contributed by atoms with Crippen LogP contribution in [0.25, 0.3) is 0 Å². The summed E-state index contributed by atoms with van der Waals surface area (Å²) in [6, 6.07) is 0. The number of hydroxylamine groups is 2. The molecule has 1 atom stereocenters. The van der Waals surface area contributed by atoms with Crippen LogP contribution < -0.4 is 5.84 Å². The first-order valence-electron chi connectivity index (χ1n) is 7.99. The maximum absolute atomic E-state index is 11.7. The molecule has 3 nitrogen and oxygen atoms in total. The lowest BCUT2D eigenvalue weighted by Gasteiger charge is -2.36. The molecule has 0 fully saturated rings. The molecule has 0 aromatic carbocycles. The van der Waals surface area contributed by atoms with Crippen molar-refractivity contribution in [2.75, 3.05) is 13.1 Å². The molecule has 0 amide bonds. The van der Waals surface area contributed by atoms with Gasteiger partial charge in [-0.25, -0.2) is 0 Å². The lowest BCUT2D eigenvalue weighted by Crippen LogP contribution is -2.50. The van der Waals surface area contributed by atoms with Gasteiger partial charge in [0, 0.05) is 0 Å². The fourth-order valence-corrected chi connectivity index (χ4v) is 2.36. The van der Waals surface area contributed by atoms with Gasteiger partial charge in [-0.15, -0.1) is 0 Å². The summed E-state index contributed by atoms with van der Waals surface area (Å²) in [4.78, 5) is 0. The first kappa shape index (κ1) is 17.9. The van der Waals surface area contributed by atoms with Gasteiger partial charge in [0.2, 0.25) is 0 Å². The van der Waals surface area contributed by atoms with Crippen LogP contribution in [0.15, 0.2) is 0 Å². The van der Waals surface area contributed by atoms with Gasteiger partial charge >= 0.3 is 0 Å². The van der Waals surface area contributed by atoms with Gasteiger partial charge < -0.3 is 5.21 Å². The predicted molar refractivity (Wildman–Crippen MR) is 79.7 cm³/mol. The molecule has 0 spiro atoms. The number of hydrogen-bond donors (Lipinski definition) is 1. The Hall–Kier alpha value is -0.120. The topological polar surface area (TPSA) is 49.1 Å². The summed E-state index contributed by atoms with van der Waals surface area (Å²) in [6.45, 7) is 5.41. The van der Waals surface area contributed by atoms with Crippen molar-refractivity contribution in [3.63, 3.8) is 0 Å². The molecule has 0 aromatic rings. The minimum atomic E-state index is -0.534. The summed E-state index contributed by atoms with van der Waals surface area (Å²) in [7, 11) is 0. The number of unbranched alkanes of at least 4 members (excludes halogenated alkanes) is 9. The van der Waals surface area contributed by atoms with Crippen molar-refractivity contribution in [3.05, 3.63) is 5.21 Å². The van der Waals surface area contributed by atoms with Crippen LogP contribution in [-0.2, 0) is 0 Å². The van der Waals surface area contributed by atoms with Crippen molar-refractivity contribution in [1.29, 1.82) is 0 Å².